The molecule has 0 heterocycles. The minimum Gasteiger partial charge on any atom is -0.387 e. The molecule has 1 amide bonds. The molecule has 7 heteroatoms. The Hall–Kier alpha value is -2.80. The molecule has 0 saturated heterocycles. The third-order valence-electron chi connectivity index (χ3n) is 3.71. The fourth-order valence-corrected chi connectivity index (χ4v) is 2.35. The van der Waals surface area contributed by atoms with Gasteiger partial charge in [-0.2, -0.15) is 0 Å². The topological polar surface area (TPSA) is 50.4 Å². The summed E-state index contributed by atoms with van der Waals surface area (Å²) in [6, 6.07) is 12.3. The van der Waals surface area contributed by atoms with Crippen LogP contribution in [0, 0.1) is 6.92 Å². The summed E-state index contributed by atoms with van der Waals surface area (Å²) in [6.07, 6.45) is -0.937. The van der Waals surface area contributed by atoms with Crippen LogP contribution < -0.4 is 10.6 Å². The van der Waals surface area contributed by atoms with Gasteiger partial charge in [0, 0.05) is 19.2 Å². The number of rotatable bonds is 7. The standard InChI is InChI=1S/C20H21F3N2O2/c1-14-3-8-19(25-15(2)26)11-18(14)9-10-24-12-16-4-6-17(7-5-16)13-27-20(21,22)23/h3-11,24H,12-13H2,1-2H3,(H,25,26)/b10-9-. The van der Waals surface area contributed by atoms with E-state index in [0.29, 0.717) is 12.1 Å². The predicted molar refractivity (Wildman–Crippen MR) is 98.6 cm³/mol. The van der Waals surface area contributed by atoms with Gasteiger partial charge >= 0.3 is 6.36 Å². The van der Waals surface area contributed by atoms with E-state index in [-0.39, 0.29) is 5.91 Å². The van der Waals surface area contributed by atoms with Crippen LogP contribution in [0.15, 0.2) is 48.7 Å². The van der Waals surface area contributed by atoms with Crippen LogP contribution in [-0.4, -0.2) is 12.3 Å². The Morgan fingerprint density at radius 1 is 1.11 bits per heavy atom. The van der Waals surface area contributed by atoms with Gasteiger partial charge in [0.25, 0.3) is 0 Å². The Balaban J connectivity index is 1.88. The lowest BCUT2D eigenvalue weighted by Gasteiger charge is -2.08. The van der Waals surface area contributed by atoms with E-state index in [1.54, 1.807) is 30.5 Å². The molecule has 27 heavy (non-hydrogen) atoms. The minimum absolute atomic E-state index is 0.129. The van der Waals surface area contributed by atoms with Gasteiger partial charge in [0.1, 0.15) is 0 Å². The van der Waals surface area contributed by atoms with Gasteiger partial charge in [-0.3, -0.25) is 9.53 Å². The number of benzene rings is 2. The highest BCUT2D eigenvalue weighted by Crippen LogP contribution is 2.19. The normalized spacial score (nSPS) is 11.6. The zero-order valence-corrected chi connectivity index (χ0v) is 15.1. The molecule has 0 unspecified atom stereocenters. The van der Waals surface area contributed by atoms with Crippen molar-refractivity contribution in [3.63, 3.8) is 0 Å². The van der Waals surface area contributed by atoms with E-state index in [9.17, 15) is 18.0 Å². The number of anilines is 1. The first kappa shape index (κ1) is 20.5. The second kappa shape index (κ2) is 9.23. The Kier molecular flexibility index (Phi) is 7.01. The minimum atomic E-state index is -4.62. The number of aryl methyl sites for hydroxylation is 1. The van der Waals surface area contributed by atoms with Gasteiger partial charge in [-0.05, 0) is 53.6 Å². The molecular weight excluding hydrogens is 357 g/mol. The number of ether oxygens (including phenoxy) is 1. The summed E-state index contributed by atoms with van der Waals surface area (Å²) >= 11 is 0. The Labute approximate surface area is 156 Å². The van der Waals surface area contributed by atoms with Crippen molar-refractivity contribution in [2.24, 2.45) is 0 Å². The maximum Gasteiger partial charge on any atom is 0.522 e. The van der Waals surface area contributed by atoms with Crippen LogP contribution in [0.1, 0.15) is 29.2 Å². The van der Waals surface area contributed by atoms with Crippen LogP contribution in [0.3, 0.4) is 0 Å². The first-order valence-electron chi connectivity index (χ1n) is 8.29. The predicted octanol–water partition coefficient (Wildman–Crippen LogP) is 4.75. The van der Waals surface area contributed by atoms with Crippen LogP contribution in [0.25, 0.3) is 6.08 Å². The molecule has 4 nitrogen and oxygen atoms in total. The molecule has 0 bridgehead atoms. The summed E-state index contributed by atoms with van der Waals surface area (Å²) in [6.45, 7) is 3.46. The monoisotopic (exact) mass is 378 g/mol. The molecule has 2 rings (SSSR count). The molecule has 0 saturated carbocycles. The summed E-state index contributed by atoms with van der Waals surface area (Å²) < 4.78 is 39.9. The summed E-state index contributed by atoms with van der Waals surface area (Å²) in [5.74, 6) is -0.129. The maximum atomic E-state index is 12.0. The number of nitrogens with one attached hydrogen (secondary N) is 2. The average Bonchev–Trinajstić information content (AvgIpc) is 2.59. The number of amides is 1. The number of carbonyl (C=O) groups is 1. The highest BCUT2D eigenvalue weighted by atomic mass is 19.4. The number of hydrogen-bond donors (Lipinski definition) is 2. The second-order valence-corrected chi connectivity index (χ2v) is 6.02. The van der Waals surface area contributed by atoms with Crippen molar-refractivity contribution in [3.05, 3.63) is 70.9 Å². The molecule has 2 N–H and O–H groups in total. The summed E-state index contributed by atoms with van der Waals surface area (Å²) in [7, 11) is 0. The molecule has 0 spiro atoms. The number of hydrogen-bond acceptors (Lipinski definition) is 3. The van der Waals surface area contributed by atoms with Crippen LogP contribution in [0.5, 0.6) is 0 Å². The molecule has 0 aromatic heterocycles. The van der Waals surface area contributed by atoms with E-state index in [2.05, 4.69) is 15.4 Å². The summed E-state index contributed by atoms with van der Waals surface area (Å²) in [5, 5.41) is 5.87. The lowest BCUT2D eigenvalue weighted by Crippen LogP contribution is -2.12. The van der Waals surface area contributed by atoms with Gasteiger partial charge in [-0.1, -0.05) is 30.3 Å². The largest absolute Gasteiger partial charge is 0.522 e. The van der Waals surface area contributed by atoms with Gasteiger partial charge < -0.3 is 10.6 Å². The third kappa shape index (κ3) is 7.53. The Morgan fingerprint density at radius 3 is 2.41 bits per heavy atom. The molecule has 0 atom stereocenters. The number of halogens is 3. The van der Waals surface area contributed by atoms with Crippen LogP contribution in [0.4, 0.5) is 18.9 Å². The molecule has 0 radical (unpaired) electrons. The molecule has 0 aliphatic heterocycles. The fourth-order valence-electron chi connectivity index (χ4n) is 2.35. The van der Waals surface area contributed by atoms with Gasteiger partial charge in [0.15, 0.2) is 0 Å². The van der Waals surface area contributed by atoms with Gasteiger partial charge in [-0.25, -0.2) is 0 Å². The molecular formula is C20H21F3N2O2. The van der Waals surface area contributed by atoms with E-state index in [1.807, 2.05) is 31.2 Å². The lowest BCUT2D eigenvalue weighted by atomic mass is 10.1. The lowest BCUT2D eigenvalue weighted by molar-refractivity contribution is -0.330. The van der Waals surface area contributed by atoms with Crippen LogP contribution >= 0.6 is 0 Å². The van der Waals surface area contributed by atoms with Crippen molar-refractivity contribution in [3.8, 4) is 0 Å². The number of alkyl halides is 3. The fraction of sp³-hybridized carbons (Fsp3) is 0.250. The first-order chi connectivity index (χ1) is 12.7. The summed E-state index contributed by atoms with van der Waals surface area (Å²) in [5.41, 5.74) is 4.14. The molecule has 2 aromatic rings. The van der Waals surface area contributed by atoms with E-state index in [4.69, 9.17) is 0 Å². The van der Waals surface area contributed by atoms with Crippen molar-refractivity contribution in [2.45, 2.75) is 33.4 Å². The third-order valence-corrected chi connectivity index (χ3v) is 3.71. The zero-order valence-electron chi connectivity index (χ0n) is 15.1. The molecule has 144 valence electrons. The van der Waals surface area contributed by atoms with E-state index >= 15 is 0 Å². The first-order valence-corrected chi connectivity index (χ1v) is 8.29. The molecule has 0 fully saturated rings. The second-order valence-electron chi connectivity index (χ2n) is 6.02. The van der Waals surface area contributed by atoms with E-state index in [1.165, 1.54) is 6.92 Å². The highest BCUT2D eigenvalue weighted by molar-refractivity contribution is 5.89. The van der Waals surface area contributed by atoms with Gasteiger partial charge in [-0.15, -0.1) is 13.2 Å². The van der Waals surface area contributed by atoms with Gasteiger partial charge in [0.2, 0.25) is 5.91 Å². The Morgan fingerprint density at radius 2 is 1.78 bits per heavy atom. The number of carbonyl (C=O) groups excluding carboxylic acids is 1. The summed E-state index contributed by atoms with van der Waals surface area (Å²) in [4.78, 5) is 11.1. The van der Waals surface area contributed by atoms with Gasteiger partial charge in [0.05, 0.1) is 6.61 Å². The Bertz CT molecular complexity index is 800. The van der Waals surface area contributed by atoms with Crippen molar-refractivity contribution in [2.75, 3.05) is 5.32 Å². The van der Waals surface area contributed by atoms with Crippen molar-refractivity contribution < 1.29 is 22.7 Å². The van der Waals surface area contributed by atoms with Crippen molar-refractivity contribution >= 4 is 17.7 Å². The highest BCUT2D eigenvalue weighted by Gasteiger charge is 2.28. The van der Waals surface area contributed by atoms with Crippen molar-refractivity contribution in [1.29, 1.82) is 0 Å². The van der Waals surface area contributed by atoms with E-state index in [0.717, 1.165) is 22.4 Å². The van der Waals surface area contributed by atoms with Crippen LogP contribution in [-0.2, 0) is 22.7 Å². The molecule has 0 aliphatic rings. The van der Waals surface area contributed by atoms with Crippen molar-refractivity contribution in [1.82, 2.24) is 5.32 Å². The smallest absolute Gasteiger partial charge is 0.387 e. The van der Waals surface area contributed by atoms with E-state index < -0.39 is 13.0 Å². The zero-order chi connectivity index (χ0) is 19.9. The maximum absolute atomic E-state index is 12.0. The van der Waals surface area contributed by atoms with Crippen LogP contribution in [0.2, 0.25) is 0 Å². The molecule has 0 aliphatic carbocycles. The SMILES string of the molecule is CC(=O)Nc1ccc(C)c(/C=C\NCc2ccc(COC(F)(F)F)cc2)c1. The molecule has 2 aromatic carbocycles. The average molecular weight is 378 g/mol. The quantitative estimate of drug-likeness (QED) is 0.731.